The van der Waals surface area contributed by atoms with Crippen molar-refractivity contribution < 1.29 is 19.4 Å². The molecule has 3 rings (SSSR count). The Morgan fingerprint density at radius 3 is 2.57 bits per heavy atom. The Balaban J connectivity index is 2.09. The highest BCUT2D eigenvalue weighted by Gasteiger charge is 2.24. The van der Waals surface area contributed by atoms with E-state index in [2.05, 4.69) is 29.9 Å². The van der Waals surface area contributed by atoms with Crippen LogP contribution in [-0.2, 0) is 0 Å². The van der Waals surface area contributed by atoms with Crippen molar-refractivity contribution in [2.24, 2.45) is 0 Å². The highest BCUT2D eigenvalue weighted by Crippen LogP contribution is 2.33. The molecule has 0 radical (unpaired) electrons. The van der Waals surface area contributed by atoms with Crippen molar-refractivity contribution in [2.75, 3.05) is 52.3 Å². The van der Waals surface area contributed by atoms with E-state index in [4.69, 9.17) is 9.47 Å². The van der Waals surface area contributed by atoms with Gasteiger partial charge in [-0.25, -0.2) is 4.98 Å². The predicted molar refractivity (Wildman–Crippen MR) is 91.8 cm³/mol. The Kier molecular flexibility index (Phi) is 4.57. The third-order valence-electron chi connectivity index (χ3n) is 4.75. The summed E-state index contributed by atoms with van der Waals surface area (Å²) < 4.78 is 11.1. The van der Waals surface area contributed by atoms with Crippen molar-refractivity contribution in [3.8, 4) is 11.5 Å². The fourth-order valence-corrected chi connectivity index (χ4v) is 3.41. The predicted octanol–water partition coefficient (Wildman–Crippen LogP) is 0.704. The SMILES string of the molecule is COc1ccc(OC)c2c(C)cc(N3CCC[NH+](C)CC3)[nH+]c12. The first-order valence-corrected chi connectivity index (χ1v) is 8.28. The van der Waals surface area contributed by atoms with Crippen molar-refractivity contribution in [2.45, 2.75) is 13.3 Å². The standard InChI is InChI=1S/C18H25N3O2/c1-13-12-16(21-9-5-8-20(2)10-11-21)19-18-15(23-4)7-6-14(22-3)17(13)18/h6-7,12H,5,8-11H2,1-4H3/p+2. The molecule has 5 nitrogen and oxygen atoms in total. The van der Waals surface area contributed by atoms with Gasteiger partial charge in [0.15, 0.2) is 11.3 Å². The van der Waals surface area contributed by atoms with Gasteiger partial charge in [0.05, 0.1) is 39.7 Å². The molecule has 23 heavy (non-hydrogen) atoms. The Morgan fingerprint density at radius 2 is 1.83 bits per heavy atom. The van der Waals surface area contributed by atoms with Gasteiger partial charge in [-0.2, -0.15) is 0 Å². The number of nitrogens with one attached hydrogen (secondary N) is 2. The number of nitrogens with zero attached hydrogens (tertiary/aromatic N) is 1. The molecule has 1 aromatic heterocycles. The zero-order valence-electron chi connectivity index (χ0n) is 14.5. The number of hydrogen-bond donors (Lipinski definition) is 1. The van der Waals surface area contributed by atoms with Crippen LogP contribution in [0.5, 0.6) is 11.5 Å². The lowest BCUT2D eigenvalue weighted by atomic mass is 10.1. The van der Waals surface area contributed by atoms with Crippen molar-refractivity contribution in [1.29, 1.82) is 0 Å². The van der Waals surface area contributed by atoms with Crippen LogP contribution >= 0.6 is 0 Å². The maximum Gasteiger partial charge on any atom is 0.275 e. The number of anilines is 1. The molecule has 1 aromatic carbocycles. The number of aromatic nitrogens is 1. The molecule has 0 aliphatic carbocycles. The van der Waals surface area contributed by atoms with Gasteiger partial charge in [0, 0.05) is 12.5 Å². The highest BCUT2D eigenvalue weighted by molar-refractivity contribution is 5.91. The van der Waals surface area contributed by atoms with E-state index in [1.807, 2.05) is 12.1 Å². The first kappa shape index (κ1) is 15.9. The number of H-pyrrole nitrogens is 1. The zero-order valence-corrected chi connectivity index (χ0v) is 14.5. The van der Waals surface area contributed by atoms with Gasteiger partial charge in [-0.15, -0.1) is 0 Å². The maximum atomic E-state index is 5.56. The monoisotopic (exact) mass is 317 g/mol. The minimum atomic E-state index is 0.850. The molecule has 0 saturated carbocycles. The Morgan fingerprint density at radius 1 is 1.09 bits per heavy atom. The summed E-state index contributed by atoms with van der Waals surface area (Å²) in [6.07, 6.45) is 1.21. The smallest absolute Gasteiger partial charge is 0.275 e. The number of likely N-dealkylation sites (N-methyl/N-ethyl adjacent to an activating group) is 1. The topological polar surface area (TPSA) is 40.3 Å². The van der Waals surface area contributed by atoms with Gasteiger partial charge in [0.1, 0.15) is 18.8 Å². The molecule has 1 unspecified atom stereocenters. The van der Waals surface area contributed by atoms with Gasteiger partial charge in [-0.1, -0.05) is 0 Å². The van der Waals surface area contributed by atoms with E-state index in [9.17, 15) is 0 Å². The summed E-state index contributed by atoms with van der Waals surface area (Å²) in [5, 5.41) is 1.09. The second-order valence-corrected chi connectivity index (χ2v) is 6.36. The van der Waals surface area contributed by atoms with Crippen molar-refractivity contribution >= 4 is 16.7 Å². The second kappa shape index (κ2) is 6.62. The minimum Gasteiger partial charge on any atom is -0.496 e. The van der Waals surface area contributed by atoms with Crippen LogP contribution < -0.4 is 24.3 Å². The van der Waals surface area contributed by atoms with Crippen LogP contribution in [0.3, 0.4) is 0 Å². The van der Waals surface area contributed by atoms with Gasteiger partial charge in [-0.3, -0.25) is 4.90 Å². The fourth-order valence-electron chi connectivity index (χ4n) is 3.41. The quantitative estimate of drug-likeness (QED) is 0.906. The molecule has 124 valence electrons. The van der Waals surface area contributed by atoms with E-state index < -0.39 is 0 Å². The molecule has 1 aliphatic rings. The highest BCUT2D eigenvalue weighted by atomic mass is 16.5. The molecule has 0 spiro atoms. The largest absolute Gasteiger partial charge is 0.496 e. The molecule has 2 aromatic rings. The van der Waals surface area contributed by atoms with Crippen LogP contribution in [0.4, 0.5) is 5.82 Å². The molecule has 2 heterocycles. The Bertz CT molecular complexity index is 702. The summed E-state index contributed by atoms with van der Waals surface area (Å²) in [7, 11) is 5.69. The molecule has 5 heteroatoms. The van der Waals surface area contributed by atoms with Crippen LogP contribution in [0.2, 0.25) is 0 Å². The van der Waals surface area contributed by atoms with E-state index in [1.54, 1.807) is 19.1 Å². The number of benzene rings is 1. The first-order chi connectivity index (χ1) is 11.1. The molecule has 1 atom stereocenters. The molecular formula is C18H27N3O2+2. The number of quaternary nitrogens is 1. The van der Waals surface area contributed by atoms with Gasteiger partial charge < -0.3 is 14.4 Å². The van der Waals surface area contributed by atoms with Gasteiger partial charge in [0.25, 0.3) is 5.82 Å². The summed E-state index contributed by atoms with van der Waals surface area (Å²) >= 11 is 0. The van der Waals surface area contributed by atoms with E-state index in [1.165, 1.54) is 25.1 Å². The number of aromatic amines is 1. The van der Waals surface area contributed by atoms with Crippen LogP contribution in [0.1, 0.15) is 12.0 Å². The van der Waals surface area contributed by atoms with E-state index in [0.29, 0.717) is 0 Å². The average molecular weight is 317 g/mol. The number of pyridine rings is 1. The average Bonchev–Trinajstić information content (AvgIpc) is 2.78. The van der Waals surface area contributed by atoms with Crippen molar-refractivity contribution in [3.05, 3.63) is 23.8 Å². The number of fused-ring (bicyclic) bond motifs is 1. The molecular weight excluding hydrogens is 290 g/mol. The summed E-state index contributed by atoms with van der Waals surface area (Å²) in [6, 6.07) is 6.15. The first-order valence-electron chi connectivity index (χ1n) is 8.28. The summed E-state index contributed by atoms with van der Waals surface area (Å²) in [6.45, 7) is 6.70. The van der Waals surface area contributed by atoms with Gasteiger partial charge >= 0.3 is 0 Å². The lowest BCUT2D eigenvalue weighted by molar-refractivity contribution is -0.876. The van der Waals surface area contributed by atoms with E-state index >= 15 is 0 Å². The fraction of sp³-hybridized carbons (Fsp3) is 0.500. The number of aryl methyl sites for hydroxylation is 1. The molecule has 0 bridgehead atoms. The minimum absolute atomic E-state index is 0.850. The van der Waals surface area contributed by atoms with E-state index in [-0.39, 0.29) is 0 Å². The van der Waals surface area contributed by atoms with Gasteiger partial charge in [-0.05, 0) is 24.6 Å². The molecule has 1 fully saturated rings. The summed E-state index contributed by atoms with van der Waals surface area (Å²) in [4.78, 5) is 7.63. The third kappa shape index (κ3) is 3.06. The number of rotatable bonds is 3. The molecule has 2 N–H and O–H groups in total. The van der Waals surface area contributed by atoms with Crippen LogP contribution in [0.25, 0.3) is 10.9 Å². The van der Waals surface area contributed by atoms with Gasteiger partial charge in [0.2, 0.25) is 0 Å². The maximum absolute atomic E-state index is 5.56. The second-order valence-electron chi connectivity index (χ2n) is 6.36. The van der Waals surface area contributed by atoms with Crippen molar-refractivity contribution in [1.82, 2.24) is 0 Å². The third-order valence-corrected chi connectivity index (χ3v) is 4.75. The molecule has 0 amide bonds. The number of methoxy groups -OCH3 is 2. The lowest BCUT2D eigenvalue weighted by Gasteiger charge is -2.16. The molecule has 1 saturated heterocycles. The normalized spacial score (nSPS) is 18.8. The van der Waals surface area contributed by atoms with Crippen molar-refractivity contribution in [3.63, 3.8) is 0 Å². The van der Waals surface area contributed by atoms with Crippen LogP contribution in [0, 0.1) is 6.92 Å². The number of hydrogen-bond acceptors (Lipinski definition) is 3. The Hall–Kier alpha value is -2.01. The lowest BCUT2D eigenvalue weighted by Crippen LogP contribution is -3.09. The Labute approximate surface area is 137 Å². The summed E-state index contributed by atoms with van der Waals surface area (Å²) in [5.74, 6) is 2.89. The summed E-state index contributed by atoms with van der Waals surface area (Å²) in [5.41, 5.74) is 2.21. The zero-order chi connectivity index (χ0) is 16.4. The van der Waals surface area contributed by atoms with Crippen LogP contribution in [0.15, 0.2) is 18.2 Å². The van der Waals surface area contributed by atoms with Crippen LogP contribution in [-0.4, -0.2) is 47.4 Å². The van der Waals surface area contributed by atoms with E-state index in [0.717, 1.165) is 41.3 Å². The molecule has 1 aliphatic heterocycles. The number of ether oxygens (including phenoxy) is 2.